The molecule has 14 atom stereocenters. The lowest BCUT2D eigenvalue weighted by Crippen LogP contribution is -2.64. The summed E-state index contributed by atoms with van der Waals surface area (Å²) in [4.78, 5) is 9.90. The lowest BCUT2D eigenvalue weighted by atomic mass is 9.97. The van der Waals surface area contributed by atoms with Gasteiger partial charge < -0.3 is 85.4 Å². The van der Waals surface area contributed by atoms with Gasteiger partial charge in [0.1, 0.15) is 73.2 Å². The normalized spacial score (nSPS) is 41.2. The van der Waals surface area contributed by atoms with E-state index in [2.05, 4.69) is 0 Å². The summed E-state index contributed by atoms with van der Waals surface area (Å²) in [5.74, 6) is 0. The van der Waals surface area contributed by atoms with Crippen molar-refractivity contribution in [2.24, 2.45) is 0 Å². The monoisotopic (exact) mass is 522 g/mol. The maximum absolute atomic E-state index is 9.94. The van der Waals surface area contributed by atoms with Crippen LogP contribution in [0.1, 0.15) is 0 Å². The van der Waals surface area contributed by atoms with Crippen molar-refractivity contribution in [2.45, 2.75) is 85.8 Å². The average molecular weight is 522 g/mol. The van der Waals surface area contributed by atoms with E-state index >= 15 is 0 Å². The molecule has 0 amide bonds. The van der Waals surface area contributed by atoms with E-state index in [0.717, 1.165) is 0 Å². The van der Waals surface area contributed by atoms with Gasteiger partial charge in [-0.15, -0.1) is 0 Å². The van der Waals surface area contributed by atoms with E-state index < -0.39 is 106 Å². The average Bonchev–Trinajstić information content (AvgIpc) is 2.87. The quantitative estimate of drug-likeness (QED) is 0.125. The maximum atomic E-state index is 9.94. The Kier molecular flexibility index (Phi) is 13.5. The molecule has 0 aromatic rings. The molecule has 2 saturated heterocycles. The number of ether oxygens (including phenoxy) is 3. The second-order valence-electron chi connectivity index (χ2n) is 7.88. The molecule has 17 heteroatoms. The Morgan fingerprint density at radius 3 is 1.77 bits per heavy atom. The van der Waals surface area contributed by atoms with Crippen LogP contribution in [-0.4, -0.2) is 178 Å². The molecule has 0 radical (unpaired) electrons. The number of carbonyl (C=O) groups excluding carboxylic acids is 1. The van der Waals surface area contributed by atoms with Crippen LogP contribution in [0.4, 0.5) is 0 Å². The summed E-state index contributed by atoms with van der Waals surface area (Å²) in [6.45, 7) is -2.11. The minimum Gasteiger partial charge on any atom is -0.394 e. The molecule has 0 aromatic heterocycles. The van der Waals surface area contributed by atoms with Gasteiger partial charge in [-0.25, -0.2) is 0 Å². The molecular formula is C18H34O17. The lowest BCUT2D eigenvalue weighted by Gasteiger charge is -2.45. The predicted octanol–water partition coefficient (Wildman–Crippen LogP) is -8.78. The van der Waals surface area contributed by atoms with E-state index in [4.69, 9.17) is 44.8 Å². The van der Waals surface area contributed by atoms with E-state index in [-0.39, 0.29) is 6.29 Å². The number of aliphatic hydroxyl groups is 13. The summed E-state index contributed by atoms with van der Waals surface area (Å²) in [6, 6.07) is 0. The van der Waals surface area contributed by atoms with Crippen LogP contribution in [0.15, 0.2) is 0 Å². The van der Waals surface area contributed by atoms with Crippen LogP contribution in [0.5, 0.6) is 0 Å². The fourth-order valence-corrected chi connectivity index (χ4v) is 3.19. The Labute approximate surface area is 198 Å². The molecule has 13 N–H and O–H groups in total. The van der Waals surface area contributed by atoms with E-state index in [9.17, 15) is 40.5 Å². The van der Waals surface area contributed by atoms with E-state index in [1.165, 1.54) is 0 Å². The number of hydrogen-bond acceptors (Lipinski definition) is 17. The molecule has 2 fully saturated rings. The highest BCUT2D eigenvalue weighted by Gasteiger charge is 2.50. The van der Waals surface area contributed by atoms with Gasteiger partial charge in [-0.3, -0.25) is 0 Å². The van der Waals surface area contributed by atoms with Crippen LogP contribution < -0.4 is 0 Å². The van der Waals surface area contributed by atoms with Crippen molar-refractivity contribution in [1.82, 2.24) is 0 Å². The minimum absolute atomic E-state index is 0.0258. The van der Waals surface area contributed by atoms with E-state index in [1.807, 2.05) is 0 Å². The van der Waals surface area contributed by atoms with Crippen molar-refractivity contribution in [2.75, 3.05) is 19.8 Å². The van der Waals surface area contributed by atoms with Gasteiger partial charge in [-0.05, 0) is 0 Å². The predicted molar refractivity (Wildman–Crippen MR) is 106 cm³/mol. The molecule has 0 unspecified atom stereocenters. The third-order valence-electron chi connectivity index (χ3n) is 5.40. The summed E-state index contributed by atoms with van der Waals surface area (Å²) in [7, 11) is 0. The van der Waals surface area contributed by atoms with Crippen molar-refractivity contribution in [3.63, 3.8) is 0 Å². The lowest BCUT2D eigenvalue weighted by molar-refractivity contribution is -0.355. The number of rotatable bonds is 9. The topological polar surface area (TPSA) is 308 Å². The standard InChI is InChI=1S/C12H22O11.C6H12O6/c13-1-3-5(15)6(16)9(19)12(22-3)23-10-4(2-14)21-11(20)8(18)7(10)17;7-1-3(9)5(11)6(12)4(10)2-8/h3-20H,1-2H2;1,3-6,8-12H,2H2/t3-,4-,5+,6+,7-,8-,9-,10-,11-,12+;3-,4+,5+,6+/m10/s1. The molecule has 2 aliphatic heterocycles. The number of hydrogen-bond donors (Lipinski definition) is 13. The summed E-state index contributed by atoms with van der Waals surface area (Å²) >= 11 is 0. The van der Waals surface area contributed by atoms with Gasteiger partial charge in [-0.2, -0.15) is 0 Å². The van der Waals surface area contributed by atoms with Gasteiger partial charge in [0.15, 0.2) is 18.9 Å². The highest BCUT2D eigenvalue weighted by Crippen LogP contribution is 2.28. The number of aldehydes is 1. The molecule has 208 valence electrons. The summed E-state index contributed by atoms with van der Waals surface area (Å²) in [6.07, 6.45) is -22.4. The zero-order valence-corrected chi connectivity index (χ0v) is 18.2. The number of carbonyl (C=O) groups is 1. The van der Waals surface area contributed by atoms with Crippen molar-refractivity contribution in [1.29, 1.82) is 0 Å². The molecule has 0 aliphatic carbocycles. The highest BCUT2D eigenvalue weighted by atomic mass is 16.7. The van der Waals surface area contributed by atoms with Gasteiger partial charge in [0.05, 0.1) is 19.8 Å². The first kappa shape index (κ1) is 32.1. The van der Waals surface area contributed by atoms with Crippen LogP contribution in [0.3, 0.4) is 0 Å². The van der Waals surface area contributed by atoms with Crippen LogP contribution in [-0.2, 0) is 19.0 Å². The Balaban J connectivity index is 0.000000434. The van der Waals surface area contributed by atoms with Crippen LogP contribution in [0.2, 0.25) is 0 Å². The zero-order chi connectivity index (χ0) is 27.0. The Morgan fingerprint density at radius 2 is 1.29 bits per heavy atom. The molecule has 2 heterocycles. The third kappa shape index (κ3) is 8.01. The Morgan fingerprint density at radius 1 is 0.714 bits per heavy atom. The van der Waals surface area contributed by atoms with Crippen molar-refractivity contribution < 1.29 is 85.4 Å². The molecule has 0 aromatic carbocycles. The van der Waals surface area contributed by atoms with Gasteiger partial charge in [-0.1, -0.05) is 0 Å². The van der Waals surface area contributed by atoms with Crippen LogP contribution in [0.25, 0.3) is 0 Å². The van der Waals surface area contributed by atoms with Gasteiger partial charge >= 0.3 is 0 Å². The molecule has 17 nitrogen and oxygen atoms in total. The minimum atomic E-state index is -1.79. The van der Waals surface area contributed by atoms with E-state index in [0.29, 0.717) is 0 Å². The SMILES string of the molecule is O=C[C@H](O)[C@@H](O)[C@H](O)[C@H](O)CO.OC[C@H]1O[C@@H](O[C@H]2[C@H](O)[C@@H](O)[C@H](O)O[C@@H]2CO)[C@H](O)[C@@H](O)[C@H]1O. The maximum Gasteiger partial charge on any atom is 0.187 e. The van der Waals surface area contributed by atoms with Gasteiger partial charge in [0.2, 0.25) is 0 Å². The molecule has 0 bridgehead atoms. The smallest absolute Gasteiger partial charge is 0.187 e. The summed E-state index contributed by atoms with van der Waals surface area (Å²) in [5.41, 5.74) is 0. The molecule has 0 saturated carbocycles. The molecule has 35 heavy (non-hydrogen) atoms. The first-order chi connectivity index (χ1) is 16.4. The van der Waals surface area contributed by atoms with Crippen molar-refractivity contribution in [3.8, 4) is 0 Å². The highest BCUT2D eigenvalue weighted by molar-refractivity contribution is 5.56. The van der Waals surface area contributed by atoms with Crippen LogP contribution in [0, 0.1) is 0 Å². The molecule has 0 spiro atoms. The Bertz CT molecular complexity index is 608. The van der Waals surface area contributed by atoms with E-state index in [1.54, 1.807) is 0 Å². The molecule has 2 aliphatic rings. The fraction of sp³-hybridized carbons (Fsp3) is 0.944. The van der Waals surface area contributed by atoms with Crippen molar-refractivity contribution >= 4 is 6.29 Å². The molecule has 2 rings (SSSR count). The van der Waals surface area contributed by atoms with Crippen molar-refractivity contribution in [3.05, 3.63) is 0 Å². The fourth-order valence-electron chi connectivity index (χ4n) is 3.19. The third-order valence-corrected chi connectivity index (χ3v) is 5.40. The molecular weight excluding hydrogens is 488 g/mol. The van der Waals surface area contributed by atoms with Gasteiger partial charge in [0, 0.05) is 0 Å². The first-order valence-corrected chi connectivity index (χ1v) is 10.4. The summed E-state index contributed by atoms with van der Waals surface area (Å²) in [5, 5.41) is 120. The summed E-state index contributed by atoms with van der Waals surface area (Å²) < 4.78 is 15.3. The Hall–Kier alpha value is -0.970. The van der Waals surface area contributed by atoms with Crippen LogP contribution >= 0.6 is 0 Å². The second-order valence-corrected chi connectivity index (χ2v) is 7.88. The zero-order valence-electron chi connectivity index (χ0n) is 18.2. The largest absolute Gasteiger partial charge is 0.394 e. The second kappa shape index (κ2) is 14.7. The first-order valence-electron chi connectivity index (χ1n) is 10.4. The number of aliphatic hydroxyl groups excluding tert-OH is 13. The van der Waals surface area contributed by atoms with Gasteiger partial charge in [0.25, 0.3) is 0 Å².